The quantitative estimate of drug-likeness (QED) is 0.268. The average Bonchev–Trinajstić information content (AvgIpc) is 2.31. The van der Waals surface area contributed by atoms with Crippen LogP contribution in [0.2, 0.25) is 0 Å². The first-order chi connectivity index (χ1) is 8.20. The van der Waals surface area contributed by atoms with E-state index in [1.165, 1.54) is 31.1 Å². The Kier molecular flexibility index (Phi) is 10.2. The van der Waals surface area contributed by atoms with Crippen LogP contribution in [0.3, 0.4) is 0 Å². The molecule has 0 aromatic heterocycles. The van der Waals surface area contributed by atoms with Gasteiger partial charge < -0.3 is 4.74 Å². The first kappa shape index (κ1) is 15.6. The van der Waals surface area contributed by atoms with Crippen molar-refractivity contribution in [2.24, 2.45) is 0 Å². The molecule has 0 saturated carbocycles. The second-order valence-electron chi connectivity index (χ2n) is 3.75. The first-order valence-electron chi connectivity index (χ1n) is 6.25. The zero-order chi connectivity index (χ0) is 12.9. The van der Waals surface area contributed by atoms with Crippen LogP contribution in [0.25, 0.3) is 0 Å². The average molecular weight is 238 g/mol. The zero-order valence-corrected chi connectivity index (χ0v) is 10.8. The number of carbonyl (C=O) groups excluding carboxylic acids is 2. The molecule has 3 nitrogen and oxygen atoms in total. The largest absolute Gasteiger partial charge is 0.463 e. The number of allylic oxidation sites excluding steroid dienone is 3. The number of carbonyl (C=O) groups is 2. The summed E-state index contributed by atoms with van der Waals surface area (Å²) in [5, 5.41) is 0. The Bertz CT molecular complexity index is 277. The van der Waals surface area contributed by atoms with Crippen molar-refractivity contribution in [1.82, 2.24) is 0 Å². The van der Waals surface area contributed by atoms with E-state index in [0.29, 0.717) is 13.0 Å². The van der Waals surface area contributed by atoms with Gasteiger partial charge in [0.2, 0.25) is 0 Å². The van der Waals surface area contributed by atoms with Crippen LogP contribution in [-0.4, -0.2) is 18.4 Å². The predicted molar refractivity (Wildman–Crippen MR) is 68.7 cm³/mol. The number of esters is 1. The molecule has 17 heavy (non-hydrogen) atoms. The van der Waals surface area contributed by atoms with E-state index in [0.717, 1.165) is 12.8 Å². The van der Waals surface area contributed by atoms with Crippen molar-refractivity contribution >= 4 is 11.8 Å². The number of unbranched alkanes of at least 4 members (excludes halogenated alkanes) is 3. The second-order valence-corrected chi connectivity index (χ2v) is 3.75. The summed E-state index contributed by atoms with van der Waals surface area (Å²) in [4.78, 5) is 22.2. The highest BCUT2D eigenvalue weighted by Gasteiger charge is 1.95. The first-order valence-corrected chi connectivity index (χ1v) is 6.25. The van der Waals surface area contributed by atoms with E-state index >= 15 is 0 Å². The van der Waals surface area contributed by atoms with Crippen LogP contribution in [0, 0.1) is 0 Å². The molecule has 0 aromatic carbocycles. The minimum atomic E-state index is -0.382. The van der Waals surface area contributed by atoms with E-state index in [-0.39, 0.29) is 11.8 Å². The molecule has 0 heterocycles. The van der Waals surface area contributed by atoms with E-state index < -0.39 is 0 Å². The van der Waals surface area contributed by atoms with Gasteiger partial charge in [0.25, 0.3) is 0 Å². The highest BCUT2D eigenvalue weighted by atomic mass is 16.5. The summed E-state index contributed by atoms with van der Waals surface area (Å²) in [6, 6.07) is 0. The topological polar surface area (TPSA) is 43.4 Å². The van der Waals surface area contributed by atoms with Gasteiger partial charge in [0, 0.05) is 12.5 Å². The maximum Gasteiger partial charge on any atom is 0.330 e. The fraction of sp³-hybridized carbons (Fsp3) is 0.571. The van der Waals surface area contributed by atoms with Gasteiger partial charge in [0.05, 0.1) is 6.61 Å². The van der Waals surface area contributed by atoms with E-state index in [4.69, 9.17) is 4.74 Å². The summed E-state index contributed by atoms with van der Waals surface area (Å²) in [7, 11) is 0. The summed E-state index contributed by atoms with van der Waals surface area (Å²) >= 11 is 0. The van der Waals surface area contributed by atoms with Crippen LogP contribution in [0.15, 0.2) is 24.3 Å². The molecule has 0 rings (SSSR count). The van der Waals surface area contributed by atoms with Crippen molar-refractivity contribution < 1.29 is 14.3 Å². The lowest BCUT2D eigenvalue weighted by molar-refractivity contribution is -0.137. The minimum Gasteiger partial charge on any atom is -0.463 e. The maximum absolute atomic E-state index is 11.3. The summed E-state index contributed by atoms with van der Waals surface area (Å²) in [5.41, 5.74) is 0. The van der Waals surface area contributed by atoms with Gasteiger partial charge >= 0.3 is 5.97 Å². The van der Waals surface area contributed by atoms with Gasteiger partial charge in [-0.05, 0) is 19.4 Å². The van der Waals surface area contributed by atoms with Gasteiger partial charge in [-0.25, -0.2) is 4.79 Å². The third-order valence-electron chi connectivity index (χ3n) is 2.19. The number of ether oxygens (including phenoxy) is 1. The molecule has 96 valence electrons. The van der Waals surface area contributed by atoms with Crippen LogP contribution in [0.4, 0.5) is 0 Å². The van der Waals surface area contributed by atoms with Crippen molar-refractivity contribution in [3.05, 3.63) is 24.3 Å². The van der Waals surface area contributed by atoms with Crippen molar-refractivity contribution in [3.8, 4) is 0 Å². The van der Waals surface area contributed by atoms with Gasteiger partial charge in [-0.15, -0.1) is 0 Å². The van der Waals surface area contributed by atoms with Gasteiger partial charge in [-0.1, -0.05) is 38.3 Å². The molecule has 0 atom stereocenters. The lowest BCUT2D eigenvalue weighted by Crippen LogP contribution is -1.98. The predicted octanol–water partition coefficient (Wildman–Crippen LogP) is 3.20. The fourth-order valence-corrected chi connectivity index (χ4v) is 1.30. The number of hydrogen-bond donors (Lipinski definition) is 0. The van der Waals surface area contributed by atoms with E-state index in [2.05, 4.69) is 6.92 Å². The Morgan fingerprint density at radius 1 is 1.00 bits per heavy atom. The molecule has 0 N–H and O–H groups in total. The van der Waals surface area contributed by atoms with Crippen LogP contribution in [-0.2, 0) is 14.3 Å². The molecule has 0 saturated heterocycles. The summed E-state index contributed by atoms with van der Waals surface area (Å²) < 4.78 is 4.70. The zero-order valence-electron chi connectivity index (χ0n) is 10.8. The lowest BCUT2D eigenvalue weighted by atomic mass is 10.1. The number of hydrogen-bond acceptors (Lipinski definition) is 3. The molecule has 3 heteroatoms. The smallest absolute Gasteiger partial charge is 0.330 e. The van der Waals surface area contributed by atoms with Gasteiger partial charge in [-0.2, -0.15) is 0 Å². The fourth-order valence-electron chi connectivity index (χ4n) is 1.30. The highest BCUT2D eigenvalue weighted by molar-refractivity contribution is 5.90. The summed E-state index contributed by atoms with van der Waals surface area (Å²) in [6.45, 7) is 4.26. The maximum atomic E-state index is 11.3. The third kappa shape index (κ3) is 10.9. The van der Waals surface area contributed by atoms with Gasteiger partial charge in [-0.3, -0.25) is 4.79 Å². The van der Waals surface area contributed by atoms with Crippen molar-refractivity contribution in [3.63, 3.8) is 0 Å². The van der Waals surface area contributed by atoms with Crippen molar-refractivity contribution in [2.75, 3.05) is 6.61 Å². The molecule has 0 spiro atoms. The molecule has 0 bridgehead atoms. The number of rotatable bonds is 9. The molecule has 0 aliphatic heterocycles. The lowest BCUT2D eigenvalue weighted by Gasteiger charge is -1.95. The number of ketones is 1. The highest BCUT2D eigenvalue weighted by Crippen LogP contribution is 2.03. The minimum absolute atomic E-state index is 0.106. The Balaban J connectivity index is 3.69. The Morgan fingerprint density at radius 3 is 2.35 bits per heavy atom. The normalized spacial score (nSPS) is 11.2. The molecular formula is C14H22O3. The van der Waals surface area contributed by atoms with Crippen LogP contribution < -0.4 is 0 Å². The van der Waals surface area contributed by atoms with Gasteiger partial charge in [0.15, 0.2) is 5.78 Å². The van der Waals surface area contributed by atoms with E-state index in [9.17, 15) is 9.59 Å². The molecular weight excluding hydrogens is 216 g/mol. The summed E-state index contributed by atoms with van der Waals surface area (Å²) in [6.07, 6.45) is 10.9. The molecule has 0 aliphatic rings. The molecule has 0 radical (unpaired) electrons. The molecule has 0 amide bonds. The second kappa shape index (κ2) is 11.1. The third-order valence-corrected chi connectivity index (χ3v) is 2.19. The van der Waals surface area contributed by atoms with E-state index in [1.807, 2.05) is 0 Å². The van der Waals surface area contributed by atoms with E-state index in [1.54, 1.807) is 13.0 Å². The molecule has 0 fully saturated rings. The van der Waals surface area contributed by atoms with Crippen LogP contribution >= 0.6 is 0 Å². The standard InChI is InChI=1S/C14H22O3/c1-3-5-6-7-10-13(15)11-8-9-12-14(16)17-4-2/h8-9,11-12H,3-7,10H2,1-2H3/b11-8-,12-9+. The Morgan fingerprint density at radius 2 is 1.71 bits per heavy atom. The van der Waals surface area contributed by atoms with Crippen LogP contribution in [0.1, 0.15) is 46.0 Å². The van der Waals surface area contributed by atoms with Crippen molar-refractivity contribution in [1.29, 1.82) is 0 Å². The summed E-state index contributed by atoms with van der Waals surface area (Å²) in [5.74, 6) is -0.276. The van der Waals surface area contributed by atoms with Crippen molar-refractivity contribution in [2.45, 2.75) is 46.0 Å². The molecule has 0 aromatic rings. The van der Waals surface area contributed by atoms with Gasteiger partial charge in [0.1, 0.15) is 0 Å². The molecule has 0 aliphatic carbocycles. The SMILES string of the molecule is CCCCCCC(=O)/C=C\C=C\C(=O)OCC. The Labute approximate surface area is 104 Å². The Hall–Kier alpha value is -1.38. The molecule has 0 unspecified atom stereocenters. The monoisotopic (exact) mass is 238 g/mol. The van der Waals surface area contributed by atoms with Crippen LogP contribution in [0.5, 0.6) is 0 Å².